The first-order valence-electron chi connectivity index (χ1n) is 6.50. The highest BCUT2D eigenvalue weighted by molar-refractivity contribution is 5.19. The summed E-state index contributed by atoms with van der Waals surface area (Å²) in [5.74, 6) is 0. The predicted molar refractivity (Wildman–Crippen MR) is 76.6 cm³/mol. The first-order valence-corrected chi connectivity index (χ1v) is 6.50. The number of benzene rings is 1. The van der Waals surface area contributed by atoms with Crippen molar-refractivity contribution in [3.63, 3.8) is 0 Å². The maximum atomic E-state index is 10.4. The molecule has 0 aliphatic rings. The summed E-state index contributed by atoms with van der Waals surface area (Å²) in [6.07, 6.45) is 3.11. The zero-order valence-corrected chi connectivity index (χ0v) is 11.4. The van der Waals surface area contributed by atoms with Gasteiger partial charge < -0.3 is 5.11 Å². The van der Waals surface area contributed by atoms with Gasteiger partial charge in [0.05, 0.1) is 6.10 Å². The third kappa shape index (κ3) is 3.63. The van der Waals surface area contributed by atoms with Gasteiger partial charge >= 0.3 is 0 Å². The number of hydrogen-bond donors (Lipinski definition) is 1. The summed E-state index contributed by atoms with van der Waals surface area (Å²) in [4.78, 5) is 6.16. The molecule has 0 amide bonds. The van der Waals surface area contributed by atoms with Crippen LogP contribution in [-0.4, -0.2) is 28.1 Å². The highest BCUT2D eigenvalue weighted by Crippen LogP contribution is 2.20. The minimum atomic E-state index is -0.479. The van der Waals surface area contributed by atoms with E-state index < -0.39 is 6.10 Å². The maximum Gasteiger partial charge on any atom is 0.0942 e. The molecule has 0 fully saturated rings. The highest BCUT2D eigenvalue weighted by atomic mass is 16.3. The van der Waals surface area contributed by atoms with Gasteiger partial charge in [0, 0.05) is 25.0 Å². The molecular weight excluding hydrogens is 236 g/mol. The molecule has 1 N–H and O–H groups in total. The van der Waals surface area contributed by atoms with Crippen LogP contribution in [-0.2, 0) is 6.54 Å². The Kier molecular flexibility index (Phi) is 4.66. The van der Waals surface area contributed by atoms with E-state index in [9.17, 15) is 5.11 Å². The normalized spacial score (nSPS) is 14.3. The average Bonchev–Trinajstić information content (AvgIpc) is 2.47. The third-order valence-electron chi connectivity index (χ3n) is 3.47. The second kappa shape index (κ2) is 6.45. The van der Waals surface area contributed by atoms with Gasteiger partial charge in [-0.15, -0.1) is 0 Å². The van der Waals surface area contributed by atoms with Crippen LogP contribution in [0.2, 0.25) is 0 Å². The van der Waals surface area contributed by atoms with Crippen LogP contribution in [0.15, 0.2) is 54.9 Å². The molecule has 0 spiro atoms. The Labute approximate surface area is 114 Å². The van der Waals surface area contributed by atoms with Gasteiger partial charge in [0.2, 0.25) is 0 Å². The number of aromatic nitrogens is 1. The van der Waals surface area contributed by atoms with Gasteiger partial charge in [-0.1, -0.05) is 30.3 Å². The molecule has 1 aromatic carbocycles. The Balaban J connectivity index is 2.01. The molecular formula is C16H20N2O. The molecule has 0 aliphatic heterocycles. The highest BCUT2D eigenvalue weighted by Gasteiger charge is 2.20. The van der Waals surface area contributed by atoms with Crippen molar-refractivity contribution in [1.82, 2.24) is 9.88 Å². The number of pyridine rings is 1. The predicted octanol–water partition coefficient (Wildman–Crippen LogP) is 2.64. The largest absolute Gasteiger partial charge is 0.387 e. The van der Waals surface area contributed by atoms with Crippen molar-refractivity contribution < 1.29 is 5.11 Å². The Morgan fingerprint density at radius 3 is 2.37 bits per heavy atom. The second-order valence-corrected chi connectivity index (χ2v) is 4.87. The molecule has 1 aromatic heterocycles. The van der Waals surface area contributed by atoms with Gasteiger partial charge in [-0.25, -0.2) is 0 Å². The number of rotatable bonds is 5. The number of aliphatic hydroxyl groups excluding tert-OH is 1. The van der Waals surface area contributed by atoms with E-state index >= 15 is 0 Å². The van der Waals surface area contributed by atoms with Crippen LogP contribution >= 0.6 is 0 Å². The third-order valence-corrected chi connectivity index (χ3v) is 3.47. The van der Waals surface area contributed by atoms with Crippen molar-refractivity contribution >= 4 is 0 Å². The Morgan fingerprint density at radius 1 is 1.11 bits per heavy atom. The van der Waals surface area contributed by atoms with Crippen LogP contribution in [0.4, 0.5) is 0 Å². The molecule has 3 heteroatoms. The van der Waals surface area contributed by atoms with Crippen molar-refractivity contribution in [1.29, 1.82) is 0 Å². The molecule has 0 aliphatic carbocycles. The van der Waals surface area contributed by atoms with Gasteiger partial charge in [0.1, 0.15) is 0 Å². The van der Waals surface area contributed by atoms with Crippen LogP contribution in [0.1, 0.15) is 24.2 Å². The molecule has 19 heavy (non-hydrogen) atoms. The summed E-state index contributed by atoms with van der Waals surface area (Å²) in [7, 11) is 2.03. The molecule has 1 heterocycles. The lowest BCUT2D eigenvalue weighted by molar-refractivity contribution is 0.0688. The van der Waals surface area contributed by atoms with Crippen LogP contribution in [0.5, 0.6) is 0 Å². The molecule has 2 unspecified atom stereocenters. The van der Waals surface area contributed by atoms with Crippen LogP contribution in [0.25, 0.3) is 0 Å². The Morgan fingerprint density at radius 2 is 1.74 bits per heavy atom. The van der Waals surface area contributed by atoms with Crippen molar-refractivity contribution in [3.05, 3.63) is 66.0 Å². The molecule has 0 saturated carbocycles. The van der Waals surface area contributed by atoms with E-state index in [0.29, 0.717) is 0 Å². The average molecular weight is 256 g/mol. The van der Waals surface area contributed by atoms with E-state index in [1.807, 2.05) is 56.4 Å². The zero-order chi connectivity index (χ0) is 13.7. The second-order valence-electron chi connectivity index (χ2n) is 4.87. The van der Waals surface area contributed by atoms with E-state index in [0.717, 1.165) is 12.1 Å². The van der Waals surface area contributed by atoms with Crippen LogP contribution in [0, 0.1) is 0 Å². The summed E-state index contributed by atoms with van der Waals surface area (Å²) in [5.41, 5.74) is 2.15. The summed E-state index contributed by atoms with van der Waals surface area (Å²) >= 11 is 0. The summed E-state index contributed by atoms with van der Waals surface area (Å²) in [6.45, 7) is 2.84. The summed E-state index contributed by atoms with van der Waals surface area (Å²) in [6, 6.07) is 13.8. The number of nitrogens with zero attached hydrogens (tertiary/aromatic N) is 2. The van der Waals surface area contributed by atoms with Crippen LogP contribution < -0.4 is 0 Å². The minimum absolute atomic E-state index is 0.0514. The topological polar surface area (TPSA) is 36.4 Å². The minimum Gasteiger partial charge on any atom is -0.387 e. The SMILES string of the molecule is CC(C(O)c1ccccc1)N(C)Cc1ccncc1. The van der Waals surface area contributed by atoms with E-state index in [4.69, 9.17) is 0 Å². The quantitative estimate of drug-likeness (QED) is 0.893. The fourth-order valence-corrected chi connectivity index (χ4v) is 2.09. The van der Waals surface area contributed by atoms with Crippen molar-refractivity contribution in [2.75, 3.05) is 7.05 Å². The van der Waals surface area contributed by atoms with Gasteiger partial charge in [-0.3, -0.25) is 9.88 Å². The molecule has 2 aromatic rings. The van der Waals surface area contributed by atoms with E-state index in [1.165, 1.54) is 5.56 Å². The van der Waals surface area contributed by atoms with Gasteiger partial charge in [-0.05, 0) is 37.2 Å². The Bertz CT molecular complexity index is 487. The lowest BCUT2D eigenvalue weighted by Crippen LogP contribution is -2.33. The van der Waals surface area contributed by atoms with Gasteiger partial charge in [0.25, 0.3) is 0 Å². The number of aliphatic hydroxyl groups is 1. The summed E-state index contributed by atoms with van der Waals surface area (Å²) < 4.78 is 0. The number of hydrogen-bond acceptors (Lipinski definition) is 3. The summed E-state index contributed by atoms with van der Waals surface area (Å²) in [5, 5.41) is 10.4. The molecule has 0 radical (unpaired) electrons. The standard InChI is InChI=1S/C16H20N2O/c1-13(16(19)15-6-4-3-5-7-15)18(2)12-14-8-10-17-11-9-14/h3-11,13,16,19H,12H2,1-2H3. The smallest absolute Gasteiger partial charge is 0.0942 e. The zero-order valence-electron chi connectivity index (χ0n) is 11.4. The molecule has 100 valence electrons. The van der Waals surface area contributed by atoms with Crippen molar-refractivity contribution in [2.24, 2.45) is 0 Å². The van der Waals surface area contributed by atoms with Gasteiger partial charge in [0.15, 0.2) is 0 Å². The number of likely N-dealkylation sites (N-methyl/N-ethyl adjacent to an activating group) is 1. The lowest BCUT2D eigenvalue weighted by atomic mass is 10.0. The van der Waals surface area contributed by atoms with Crippen LogP contribution in [0.3, 0.4) is 0 Å². The maximum absolute atomic E-state index is 10.4. The Hall–Kier alpha value is -1.71. The van der Waals surface area contributed by atoms with Crippen molar-refractivity contribution in [3.8, 4) is 0 Å². The molecule has 3 nitrogen and oxygen atoms in total. The van der Waals surface area contributed by atoms with Gasteiger partial charge in [-0.2, -0.15) is 0 Å². The molecule has 2 rings (SSSR count). The van der Waals surface area contributed by atoms with E-state index in [1.54, 1.807) is 12.4 Å². The van der Waals surface area contributed by atoms with E-state index in [-0.39, 0.29) is 6.04 Å². The first-order chi connectivity index (χ1) is 9.18. The molecule has 2 atom stereocenters. The fraction of sp³-hybridized carbons (Fsp3) is 0.312. The molecule has 0 saturated heterocycles. The lowest BCUT2D eigenvalue weighted by Gasteiger charge is -2.29. The first kappa shape index (κ1) is 13.7. The molecule has 0 bridgehead atoms. The fourth-order valence-electron chi connectivity index (χ4n) is 2.09. The monoisotopic (exact) mass is 256 g/mol. The van der Waals surface area contributed by atoms with Crippen molar-refractivity contribution in [2.45, 2.75) is 25.6 Å². The van der Waals surface area contributed by atoms with E-state index in [2.05, 4.69) is 9.88 Å².